The Hall–Kier alpha value is -1.27. The number of carbonyl (C=O) groups is 3. The van der Waals surface area contributed by atoms with Crippen molar-refractivity contribution >= 4 is 17.6 Å². The number of carbonyl (C=O) groups excluding carboxylic acids is 3. The number of ether oxygens (including phenoxy) is 2. The number of hydrogen-bond donors (Lipinski definition) is 0. The first-order chi connectivity index (χ1) is 10.5. The molecule has 22 heavy (non-hydrogen) atoms. The second-order valence-corrected chi connectivity index (χ2v) is 5.81. The summed E-state index contributed by atoms with van der Waals surface area (Å²) in [5.41, 5.74) is 0. The monoisotopic (exact) mass is 313 g/mol. The number of imide groups is 1. The molecule has 6 nitrogen and oxygen atoms in total. The van der Waals surface area contributed by atoms with Crippen molar-refractivity contribution in [3.8, 4) is 0 Å². The van der Waals surface area contributed by atoms with Crippen LogP contribution in [-0.2, 0) is 23.9 Å². The van der Waals surface area contributed by atoms with E-state index in [2.05, 4.69) is 0 Å². The lowest BCUT2D eigenvalue weighted by atomic mass is 9.94. The Labute approximate surface area is 132 Å². The number of likely N-dealkylation sites (tertiary alicyclic amines) is 1. The maximum atomic E-state index is 12.0. The van der Waals surface area contributed by atoms with Crippen molar-refractivity contribution in [1.29, 1.82) is 0 Å². The van der Waals surface area contributed by atoms with Gasteiger partial charge in [-0.1, -0.05) is 20.8 Å². The van der Waals surface area contributed by atoms with Gasteiger partial charge in [0.05, 0.1) is 33.0 Å². The van der Waals surface area contributed by atoms with Crippen molar-refractivity contribution in [3.63, 3.8) is 0 Å². The molecule has 0 aliphatic carbocycles. The van der Waals surface area contributed by atoms with Gasteiger partial charge < -0.3 is 9.47 Å². The van der Waals surface area contributed by atoms with Crippen LogP contribution < -0.4 is 0 Å². The summed E-state index contributed by atoms with van der Waals surface area (Å²) in [6.45, 7) is 7.57. The molecule has 2 amide bonds. The van der Waals surface area contributed by atoms with E-state index < -0.39 is 0 Å². The number of nitrogens with zero attached hydrogens (tertiary/aromatic N) is 1. The summed E-state index contributed by atoms with van der Waals surface area (Å²) in [7, 11) is 0. The second kappa shape index (κ2) is 9.69. The molecule has 1 aliphatic rings. The summed E-state index contributed by atoms with van der Waals surface area (Å²) < 4.78 is 10.6. The largest absolute Gasteiger partial charge is 0.379 e. The van der Waals surface area contributed by atoms with Gasteiger partial charge in [0.1, 0.15) is 5.78 Å². The van der Waals surface area contributed by atoms with E-state index in [9.17, 15) is 14.4 Å². The van der Waals surface area contributed by atoms with Crippen LogP contribution in [0.5, 0.6) is 0 Å². The highest BCUT2D eigenvalue weighted by atomic mass is 16.5. The molecule has 0 bridgehead atoms. The van der Waals surface area contributed by atoms with Crippen LogP contribution in [0.4, 0.5) is 0 Å². The highest BCUT2D eigenvalue weighted by molar-refractivity contribution is 6.03. The van der Waals surface area contributed by atoms with Gasteiger partial charge in [-0.05, 0) is 5.92 Å². The second-order valence-electron chi connectivity index (χ2n) is 5.81. The molecule has 0 aromatic heterocycles. The zero-order chi connectivity index (χ0) is 16.5. The molecule has 1 unspecified atom stereocenters. The number of ketones is 1. The van der Waals surface area contributed by atoms with Crippen LogP contribution in [0, 0.1) is 11.8 Å². The summed E-state index contributed by atoms with van der Waals surface area (Å²) in [4.78, 5) is 36.2. The summed E-state index contributed by atoms with van der Waals surface area (Å²) in [5.74, 6) is -0.0141. The molecule has 6 heteroatoms. The Kier molecular flexibility index (Phi) is 8.27. The van der Waals surface area contributed by atoms with E-state index in [-0.39, 0.29) is 29.4 Å². The van der Waals surface area contributed by atoms with E-state index in [4.69, 9.17) is 9.47 Å². The first kappa shape index (κ1) is 18.8. The molecule has 1 heterocycles. The van der Waals surface area contributed by atoms with Crippen LogP contribution in [0.3, 0.4) is 0 Å². The smallest absolute Gasteiger partial charge is 0.233 e. The molecular formula is C16H27NO5. The Balaban J connectivity index is 2.09. The lowest BCUT2D eigenvalue weighted by Gasteiger charge is -2.16. The average molecular weight is 313 g/mol. The lowest BCUT2D eigenvalue weighted by Crippen LogP contribution is -2.34. The maximum Gasteiger partial charge on any atom is 0.233 e. The third kappa shape index (κ3) is 5.85. The van der Waals surface area contributed by atoms with E-state index in [0.29, 0.717) is 52.2 Å². The van der Waals surface area contributed by atoms with Crippen LogP contribution >= 0.6 is 0 Å². The van der Waals surface area contributed by atoms with Crippen molar-refractivity contribution in [2.45, 2.75) is 40.0 Å². The number of hydrogen-bond acceptors (Lipinski definition) is 5. The summed E-state index contributed by atoms with van der Waals surface area (Å²) in [5, 5.41) is 0. The van der Waals surface area contributed by atoms with Crippen LogP contribution in [-0.4, -0.2) is 55.5 Å². The first-order valence-corrected chi connectivity index (χ1v) is 7.98. The molecule has 0 aromatic carbocycles. The SMILES string of the molecule is CCC(=O)CCOCCOCCN1C(=O)CC(C(C)C)C1=O. The Bertz CT molecular complexity index is 394. The van der Waals surface area contributed by atoms with E-state index in [0.717, 1.165) is 0 Å². The third-order valence-corrected chi connectivity index (χ3v) is 3.83. The van der Waals surface area contributed by atoms with Crippen LogP contribution in [0.2, 0.25) is 0 Å². The quantitative estimate of drug-likeness (QED) is 0.426. The van der Waals surface area contributed by atoms with E-state index in [1.165, 1.54) is 4.90 Å². The van der Waals surface area contributed by atoms with Crippen molar-refractivity contribution in [2.24, 2.45) is 11.8 Å². The minimum absolute atomic E-state index is 0.0853. The van der Waals surface area contributed by atoms with E-state index in [1.54, 1.807) is 0 Å². The van der Waals surface area contributed by atoms with Crippen molar-refractivity contribution in [1.82, 2.24) is 4.90 Å². The zero-order valence-electron chi connectivity index (χ0n) is 13.8. The van der Waals surface area contributed by atoms with Gasteiger partial charge in [0.2, 0.25) is 11.8 Å². The molecule has 1 fully saturated rings. The zero-order valence-corrected chi connectivity index (χ0v) is 13.8. The molecule has 126 valence electrons. The fourth-order valence-electron chi connectivity index (χ4n) is 2.31. The Morgan fingerprint density at radius 2 is 1.82 bits per heavy atom. The molecule has 1 rings (SSSR count). The molecule has 0 N–H and O–H groups in total. The van der Waals surface area contributed by atoms with Crippen molar-refractivity contribution in [2.75, 3.05) is 33.0 Å². The number of rotatable bonds is 11. The molecule has 0 aromatic rings. The molecule has 1 saturated heterocycles. The minimum atomic E-state index is -0.188. The van der Waals surface area contributed by atoms with Crippen molar-refractivity contribution < 1.29 is 23.9 Å². The lowest BCUT2D eigenvalue weighted by molar-refractivity contribution is -0.140. The van der Waals surface area contributed by atoms with Gasteiger partial charge >= 0.3 is 0 Å². The first-order valence-electron chi connectivity index (χ1n) is 7.98. The molecule has 1 aliphatic heterocycles. The molecule has 1 atom stereocenters. The van der Waals surface area contributed by atoms with Crippen LogP contribution in [0.15, 0.2) is 0 Å². The minimum Gasteiger partial charge on any atom is -0.379 e. The van der Waals surface area contributed by atoms with Gasteiger partial charge in [0.25, 0.3) is 0 Å². The molecular weight excluding hydrogens is 286 g/mol. The standard InChI is InChI=1S/C16H27NO5/c1-4-13(18)5-7-21-9-10-22-8-6-17-15(19)11-14(12(2)3)16(17)20/h12,14H,4-11H2,1-3H3. The summed E-state index contributed by atoms with van der Waals surface area (Å²) in [6, 6.07) is 0. The number of amides is 2. The summed E-state index contributed by atoms with van der Waals surface area (Å²) >= 11 is 0. The highest BCUT2D eigenvalue weighted by Gasteiger charge is 2.39. The molecule has 0 saturated carbocycles. The fourth-order valence-corrected chi connectivity index (χ4v) is 2.31. The van der Waals surface area contributed by atoms with Gasteiger partial charge in [-0.2, -0.15) is 0 Å². The predicted molar refractivity (Wildman–Crippen MR) is 81.2 cm³/mol. The van der Waals surface area contributed by atoms with E-state index >= 15 is 0 Å². The van der Waals surface area contributed by atoms with Gasteiger partial charge in [0, 0.05) is 25.2 Å². The van der Waals surface area contributed by atoms with E-state index in [1.807, 2.05) is 20.8 Å². The Morgan fingerprint density at radius 1 is 1.18 bits per heavy atom. The highest BCUT2D eigenvalue weighted by Crippen LogP contribution is 2.25. The number of Topliss-reactive ketones (excluding diaryl/α,β-unsaturated/α-hetero) is 1. The molecule has 0 radical (unpaired) electrons. The van der Waals surface area contributed by atoms with Gasteiger partial charge in [-0.25, -0.2) is 0 Å². The van der Waals surface area contributed by atoms with Crippen molar-refractivity contribution in [3.05, 3.63) is 0 Å². The molecule has 0 spiro atoms. The summed E-state index contributed by atoms with van der Waals surface area (Å²) in [6.07, 6.45) is 1.28. The van der Waals surface area contributed by atoms with Gasteiger partial charge in [0.15, 0.2) is 0 Å². The Morgan fingerprint density at radius 3 is 2.36 bits per heavy atom. The van der Waals surface area contributed by atoms with Gasteiger partial charge in [-0.15, -0.1) is 0 Å². The third-order valence-electron chi connectivity index (χ3n) is 3.83. The normalized spacial score (nSPS) is 18.5. The predicted octanol–water partition coefficient (Wildman–Crippen LogP) is 1.42. The maximum absolute atomic E-state index is 12.0. The van der Waals surface area contributed by atoms with Gasteiger partial charge in [-0.3, -0.25) is 19.3 Å². The topological polar surface area (TPSA) is 72.9 Å². The van der Waals surface area contributed by atoms with Crippen LogP contribution in [0.1, 0.15) is 40.0 Å². The van der Waals surface area contributed by atoms with Crippen LogP contribution in [0.25, 0.3) is 0 Å². The fraction of sp³-hybridized carbons (Fsp3) is 0.812. The average Bonchev–Trinajstić information content (AvgIpc) is 2.77.